The van der Waals surface area contributed by atoms with E-state index in [1.807, 2.05) is 6.92 Å². The Bertz CT molecular complexity index is 620. The molecule has 0 unspecified atom stereocenters. The van der Waals surface area contributed by atoms with Gasteiger partial charge in [0.1, 0.15) is 5.82 Å². The topological polar surface area (TPSA) is 62.2 Å². The largest absolute Gasteiger partial charge is 0.478 e. The molecule has 0 atom stereocenters. The third kappa shape index (κ3) is 2.48. The van der Waals surface area contributed by atoms with E-state index in [0.29, 0.717) is 23.3 Å². The molecule has 0 spiro atoms. The lowest BCUT2D eigenvalue weighted by Gasteiger charge is -2.07. The van der Waals surface area contributed by atoms with Crippen LogP contribution in [0.4, 0.5) is 5.82 Å². The number of anilines is 1. The monoisotopic (exact) mass is 242 g/mol. The maximum absolute atomic E-state index is 11.1. The maximum Gasteiger partial charge on any atom is 0.336 e. The lowest BCUT2D eigenvalue weighted by Crippen LogP contribution is -2.04. The summed E-state index contributed by atoms with van der Waals surface area (Å²) in [5.74, 6) is -0.224. The number of benzene rings is 1. The molecule has 0 saturated heterocycles. The smallest absolute Gasteiger partial charge is 0.336 e. The van der Waals surface area contributed by atoms with Crippen molar-refractivity contribution in [1.82, 2.24) is 4.98 Å². The zero-order valence-electron chi connectivity index (χ0n) is 10.1. The molecule has 1 aromatic carbocycles. The summed E-state index contributed by atoms with van der Waals surface area (Å²) in [7, 11) is 0. The van der Waals surface area contributed by atoms with Crippen molar-refractivity contribution >= 4 is 22.7 Å². The van der Waals surface area contributed by atoms with Crippen molar-refractivity contribution in [2.45, 2.75) is 6.92 Å². The number of fused-ring (bicyclic) bond motifs is 1. The highest BCUT2D eigenvalue weighted by Gasteiger charge is 2.08. The van der Waals surface area contributed by atoms with E-state index >= 15 is 0 Å². The van der Waals surface area contributed by atoms with Crippen molar-refractivity contribution in [2.24, 2.45) is 0 Å². The molecule has 4 heteroatoms. The van der Waals surface area contributed by atoms with E-state index in [1.165, 1.54) is 0 Å². The van der Waals surface area contributed by atoms with Gasteiger partial charge >= 0.3 is 5.97 Å². The molecule has 92 valence electrons. The first kappa shape index (κ1) is 12.1. The average Bonchev–Trinajstić information content (AvgIpc) is 2.35. The van der Waals surface area contributed by atoms with Crippen LogP contribution in [-0.2, 0) is 0 Å². The summed E-state index contributed by atoms with van der Waals surface area (Å²) in [6, 6.07) is 8.62. The predicted molar refractivity (Wildman–Crippen MR) is 72.0 cm³/mol. The number of aromatic nitrogens is 1. The summed E-state index contributed by atoms with van der Waals surface area (Å²) in [5.41, 5.74) is 1.95. The molecule has 4 nitrogen and oxygen atoms in total. The first-order chi connectivity index (χ1) is 8.58. The number of rotatable bonds is 4. The molecule has 0 aliphatic carbocycles. The van der Waals surface area contributed by atoms with Crippen LogP contribution in [0.5, 0.6) is 0 Å². The van der Waals surface area contributed by atoms with Crippen molar-refractivity contribution in [1.29, 1.82) is 0 Å². The van der Waals surface area contributed by atoms with E-state index < -0.39 is 5.97 Å². The van der Waals surface area contributed by atoms with Gasteiger partial charge in [0.15, 0.2) is 0 Å². The molecule has 18 heavy (non-hydrogen) atoms. The molecule has 0 bridgehead atoms. The van der Waals surface area contributed by atoms with Gasteiger partial charge in [-0.05, 0) is 31.2 Å². The van der Waals surface area contributed by atoms with Crippen LogP contribution in [0.25, 0.3) is 10.9 Å². The Morgan fingerprint density at radius 1 is 1.39 bits per heavy atom. The zero-order chi connectivity index (χ0) is 13.1. The van der Waals surface area contributed by atoms with Gasteiger partial charge in [-0.2, -0.15) is 0 Å². The van der Waals surface area contributed by atoms with Gasteiger partial charge in [0.25, 0.3) is 0 Å². The Labute approximate surface area is 105 Å². The van der Waals surface area contributed by atoms with Gasteiger partial charge < -0.3 is 10.4 Å². The third-order valence-corrected chi connectivity index (χ3v) is 2.53. The van der Waals surface area contributed by atoms with Crippen LogP contribution in [0, 0.1) is 0 Å². The van der Waals surface area contributed by atoms with Crippen LogP contribution >= 0.6 is 0 Å². The summed E-state index contributed by atoms with van der Waals surface area (Å²) in [6.07, 6.45) is 0. The lowest BCUT2D eigenvalue weighted by atomic mass is 10.1. The standard InChI is InChI=1S/C14H14N2O2/c1-9(2)8-15-13-7-6-10-11(14(17)18)4-3-5-12(10)16-13/h3-7H,1,8H2,2H3,(H,15,16)(H,17,18). The fourth-order valence-corrected chi connectivity index (χ4v) is 1.68. The van der Waals surface area contributed by atoms with Crippen LogP contribution in [0.1, 0.15) is 17.3 Å². The molecule has 0 fully saturated rings. The van der Waals surface area contributed by atoms with Gasteiger partial charge in [0.05, 0.1) is 11.1 Å². The number of aromatic carboxylic acids is 1. The van der Waals surface area contributed by atoms with E-state index in [9.17, 15) is 4.79 Å². The first-order valence-electron chi connectivity index (χ1n) is 5.59. The van der Waals surface area contributed by atoms with E-state index in [1.54, 1.807) is 30.3 Å². The van der Waals surface area contributed by atoms with E-state index in [0.717, 1.165) is 5.57 Å². The summed E-state index contributed by atoms with van der Waals surface area (Å²) in [5, 5.41) is 12.8. The molecule has 0 aliphatic rings. The molecular formula is C14H14N2O2. The predicted octanol–water partition coefficient (Wildman–Crippen LogP) is 2.92. The van der Waals surface area contributed by atoms with Crippen molar-refractivity contribution in [2.75, 3.05) is 11.9 Å². The Kier molecular flexibility index (Phi) is 3.28. The highest BCUT2D eigenvalue weighted by molar-refractivity contribution is 6.02. The second kappa shape index (κ2) is 4.87. The van der Waals surface area contributed by atoms with Gasteiger partial charge in [-0.1, -0.05) is 18.2 Å². The van der Waals surface area contributed by atoms with Gasteiger partial charge in [-0.3, -0.25) is 0 Å². The number of carboxylic acids is 1. The second-order valence-corrected chi connectivity index (χ2v) is 4.18. The Hall–Kier alpha value is -2.36. The minimum absolute atomic E-state index is 0.270. The quantitative estimate of drug-likeness (QED) is 0.809. The normalized spacial score (nSPS) is 10.3. The van der Waals surface area contributed by atoms with Crippen molar-refractivity contribution in [3.05, 3.63) is 48.0 Å². The molecule has 2 rings (SSSR count). The van der Waals surface area contributed by atoms with E-state index in [2.05, 4.69) is 16.9 Å². The fourth-order valence-electron chi connectivity index (χ4n) is 1.68. The molecule has 2 N–H and O–H groups in total. The van der Waals surface area contributed by atoms with Gasteiger partial charge in [0, 0.05) is 11.9 Å². The Morgan fingerprint density at radius 3 is 2.83 bits per heavy atom. The highest BCUT2D eigenvalue weighted by Crippen LogP contribution is 2.19. The van der Waals surface area contributed by atoms with Crippen molar-refractivity contribution < 1.29 is 9.90 Å². The summed E-state index contributed by atoms with van der Waals surface area (Å²) in [4.78, 5) is 15.4. The third-order valence-electron chi connectivity index (χ3n) is 2.53. The SMILES string of the molecule is C=C(C)CNc1ccc2c(C(=O)O)cccc2n1. The van der Waals surface area contributed by atoms with E-state index in [4.69, 9.17) is 5.11 Å². The number of pyridine rings is 1. The van der Waals surface area contributed by atoms with Crippen LogP contribution < -0.4 is 5.32 Å². The van der Waals surface area contributed by atoms with Gasteiger partial charge in [0.2, 0.25) is 0 Å². The molecular weight excluding hydrogens is 228 g/mol. The van der Waals surface area contributed by atoms with E-state index in [-0.39, 0.29) is 5.56 Å². The summed E-state index contributed by atoms with van der Waals surface area (Å²) < 4.78 is 0. The molecule has 1 heterocycles. The van der Waals surface area contributed by atoms with Crippen LogP contribution in [0.2, 0.25) is 0 Å². The molecule has 1 aromatic heterocycles. The van der Waals surface area contributed by atoms with Crippen LogP contribution in [0.15, 0.2) is 42.5 Å². The van der Waals surface area contributed by atoms with Crippen LogP contribution in [0.3, 0.4) is 0 Å². The number of carboxylic acid groups (broad SMARTS) is 1. The molecule has 0 amide bonds. The van der Waals surface area contributed by atoms with Crippen molar-refractivity contribution in [3.63, 3.8) is 0 Å². The molecule has 0 radical (unpaired) electrons. The Balaban J connectivity index is 2.41. The molecule has 0 saturated carbocycles. The lowest BCUT2D eigenvalue weighted by molar-refractivity contribution is 0.0699. The average molecular weight is 242 g/mol. The van der Waals surface area contributed by atoms with Crippen molar-refractivity contribution in [3.8, 4) is 0 Å². The van der Waals surface area contributed by atoms with Crippen LogP contribution in [-0.4, -0.2) is 22.6 Å². The number of hydrogen-bond acceptors (Lipinski definition) is 3. The highest BCUT2D eigenvalue weighted by atomic mass is 16.4. The Morgan fingerprint density at radius 2 is 2.17 bits per heavy atom. The first-order valence-corrected chi connectivity index (χ1v) is 5.59. The number of nitrogens with one attached hydrogen (secondary N) is 1. The minimum Gasteiger partial charge on any atom is -0.478 e. The fraction of sp³-hybridized carbons (Fsp3) is 0.143. The van der Waals surface area contributed by atoms with Gasteiger partial charge in [-0.15, -0.1) is 0 Å². The summed E-state index contributed by atoms with van der Waals surface area (Å²) >= 11 is 0. The number of nitrogens with zero attached hydrogens (tertiary/aromatic N) is 1. The zero-order valence-corrected chi connectivity index (χ0v) is 10.1. The second-order valence-electron chi connectivity index (χ2n) is 4.18. The minimum atomic E-state index is -0.940. The molecule has 0 aliphatic heterocycles. The molecule has 2 aromatic rings. The maximum atomic E-state index is 11.1. The summed E-state index contributed by atoms with van der Waals surface area (Å²) in [6.45, 7) is 6.38. The number of carbonyl (C=O) groups is 1. The van der Waals surface area contributed by atoms with Gasteiger partial charge in [-0.25, -0.2) is 9.78 Å². The number of hydrogen-bond donors (Lipinski definition) is 2.